The van der Waals surface area contributed by atoms with Gasteiger partial charge in [0.1, 0.15) is 5.54 Å². The standard InChI is InChI=1S/C13H15N3O3/c1-13(8-4-5-8)11(18)16(12(19)15-13)7-10(17)9-3-2-6-14-9/h2-3,6,8,14H,4-5,7H2,1H3,(H,15,19)/t13-/m0/s1. The molecule has 1 atom stereocenters. The Kier molecular flexibility index (Phi) is 2.48. The van der Waals surface area contributed by atoms with Crippen molar-refractivity contribution in [3.63, 3.8) is 0 Å². The van der Waals surface area contributed by atoms with E-state index in [1.807, 2.05) is 0 Å². The van der Waals surface area contributed by atoms with Gasteiger partial charge in [-0.25, -0.2) is 4.79 Å². The van der Waals surface area contributed by atoms with Crippen LogP contribution in [0.5, 0.6) is 0 Å². The normalized spacial score (nSPS) is 26.7. The Labute approximate surface area is 110 Å². The zero-order valence-corrected chi connectivity index (χ0v) is 10.6. The molecule has 19 heavy (non-hydrogen) atoms. The van der Waals surface area contributed by atoms with Crippen LogP contribution >= 0.6 is 0 Å². The van der Waals surface area contributed by atoms with Crippen LogP contribution in [-0.4, -0.2) is 39.7 Å². The Bertz CT molecular complexity index is 547. The van der Waals surface area contributed by atoms with E-state index in [2.05, 4.69) is 10.3 Å². The van der Waals surface area contributed by atoms with Crippen molar-refractivity contribution in [2.24, 2.45) is 5.92 Å². The number of aromatic amines is 1. The summed E-state index contributed by atoms with van der Waals surface area (Å²) in [7, 11) is 0. The molecule has 1 aromatic rings. The van der Waals surface area contributed by atoms with Gasteiger partial charge in [-0.1, -0.05) is 0 Å². The number of nitrogens with zero attached hydrogens (tertiary/aromatic N) is 1. The molecular formula is C13H15N3O3. The molecule has 2 fully saturated rings. The van der Waals surface area contributed by atoms with E-state index in [0.29, 0.717) is 5.69 Å². The average Bonchev–Trinajstić information content (AvgIpc) is 3.05. The lowest BCUT2D eigenvalue weighted by Gasteiger charge is -2.20. The molecule has 1 aliphatic carbocycles. The highest BCUT2D eigenvalue weighted by molar-refractivity contribution is 6.10. The third-order valence-electron chi connectivity index (χ3n) is 3.90. The van der Waals surface area contributed by atoms with E-state index in [1.165, 1.54) is 0 Å². The van der Waals surface area contributed by atoms with Crippen LogP contribution in [0, 0.1) is 5.92 Å². The Morgan fingerprint density at radius 2 is 2.21 bits per heavy atom. The zero-order valence-electron chi connectivity index (χ0n) is 10.6. The molecule has 6 heteroatoms. The lowest BCUT2D eigenvalue weighted by atomic mass is 9.96. The summed E-state index contributed by atoms with van der Waals surface area (Å²) in [4.78, 5) is 39.9. The summed E-state index contributed by atoms with van der Waals surface area (Å²) in [5, 5.41) is 2.72. The molecule has 0 radical (unpaired) electrons. The number of urea groups is 1. The first-order valence-corrected chi connectivity index (χ1v) is 6.33. The van der Waals surface area contributed by atoms with Gasteiger partial charge in [-0.05, 0) is 37.8 Å². The van der Waals surface area contributed by atoms with Crippen LogP contribution in [0.4, 0.5) is 4.79 Å². The van der Waals surface area contributed by atoms with E-state index in [9.17, 15) is 14.4 Å². The largest absolute Gasteiger partial charge is 0.359 e. The minimum atomic E-state index is -0.826. The zero-order chi connectivity index (χ0) is 13.6. The van der Waals surface area contributed by atoms with Crippen molar-refractivity contribution in [1.82, 2.24) is 15.2 Å². The molecule has 1 saturated heterocycles. The maximum atomic E-state index is 12.3. The number of aromatic nitrogens is 1. The first kappa shape index (κ1) is 12.0. The van der Waals surface area contributed by atoms with Gasteiger partial charge in [0, 0.05) is 6.20 Å². The minimum absolute atomic E-state index is 0.203. The van der Waals surface area contributed by atoms with Gasteiger partial charge in [-0.3, -0.25) is 14.5 Å². The second kappa shape index (κ2) is 3.94. The predicted octanol–water partition coefficient (Wildman–Crippen LogP) is 0.918. The SMILES string of the molecule is C[C@@]1(C2CC2)NC(=O)N(CC(=O)c2ccc[nH]2)C1=O. The molecule has 0 spiro atoms. The fourth-order valence-electron chi connectivity index (χ4n) is 2.53. The van der Waals surface area contributed by atoms with Crippen LogP contribution in [-0.2, 0) is 4.79 Å². The molecule has 2 aliphatic rings. The Morgan fingerprint density at radius 1 is 1.47 bits per heavy atom. The third-order valence-corrected chi connectivity index (χ3v) is 3.90. The second-order valence-corrected chi connectivity index (χ2v) is 5.31. The molecule has 1 saturated carbocycles. The lowest BCUT2D eigenvalue weighted by molar-refractivity contribution is -0.131. The molecule has 6 nitrogen and oxygen atoms in total. The highest BCUT2D eigenvalue weighted by atomic mass is 16.2. The number of Topliss-reactive ketones (excluding diaryl/α,β-unsaturated/α-hetero) is 1. The molecule has 0 aromatic carbocycles. The number of imide groups is 1. The van der Waals surface area contributed by atoms with Crippen molar-refractivity contribution in [3.8, 4) is 0 Å². The van der Waals surface area contributed by atoms with Gasteiger partial charge in [0.2, 0.25) is 0 Å². The van der Waals surface area contributed by atoms with E-state index in [1.54, 1.807) is 25.3 Å². The lowest BCUT2D eigenvalue weighted by Crippen LogP contribution is -2.46. The summed E-state index contributed by atoms with van der Waals surface area (Å²) in [6, 6.07) is 2.85. The second-order valence-electron chi connectivity index (χ2n) is 5.31. The van der Waals surface area contributed by atoms with Gasteiger partial charge in [-0.2, -0.15) is 0 Å². The Balaban J connectivity index is 1.76. The first-order valence-electron chi connectivity index (χ1n) is 6.33. The van der Waals surface area contributed by atoms with Gasteiger partial charge >= 0.3 is 6.03 Å². The van der Waals surface area contributed by atoms with E-state index < -0.39 is 11.6 Å². The predicted molar refractivity (Wildman–Crippen MR) is 66.5 cm³/mol. The minimum Gasteiger partial charge on any atom is -0.359 e. The van der Waals surface area contributed by atoms with Crippen LogP contribution in [0.15, 0.2) is 18.3 Å². The fraction of sp³-hybridized carbons (Fsp3) is 0.462. The van der Waals surface area contributed by atoms with Crippen molar-refractivity contribution in [2.75, 3.05) is 6.54 Å². The summed E-state index contributed by atoms with van der Waals surface area (Å²) in [5.74, 6) is -0.358. The molecule has 0 unspecified atom stereocenters. The highest BCUT2D eigenvalue weighted by Crippen LogP contribution is 2.42. The summed E-state index contributed by atoms with van der Waals surface area (Å²) in [5.41, 5.74) is -0.423. The van der Waals surface area contributed by atoms with E-state index in [4.69, 9.17) is 0 Å². The van der Waals surface area contributed by atoms with Gasteiger partial charge in [0.05, 0.1) is 12.2 Å². The first-order chi connectivity index (χ1) is 9.02. The summed E-state index contributed by atoms with van der Waals surface area (Å²) in [6.45, 7) is 1.53. The van der Waals surface area contributed by atoms with Crippen LogP contribution in [0.2, 0.25) is 0 Å². The van der Waals surface area contributed by atoms with Gasteiger partial charge in [-0.15, -0.1) is 0 Å². The molecule has 0 bridgehead atoms. The summed E-state index contributed by atoms with van der Waals surface area (Å²) < 4.78 is 0. The summed E-state index contributed by atoms with van der Waals surface area (Å²) in [6.07, 6.45) is 3.52. The number of H-pyrrole nitrogens is 1. The summed E-state index contributed by atoms with van der Waals surface area (Å²) >= 11 is 0. The smallest absolute Gasteiger partial charge is 0.325 e. The van der Waals surface area contributed by atoms with Gasteiger partial charge in [0.25, 0.3) is 5.91 Å². The van der Waals surface area contributed by atoms with Crippen molar-refractivity contribution in [3.05, 3.63) is 24.0 Å². The van der Waals surface area contributed by atoms with Crippen molar-refractivity contribution >= 4 is 17.7 Å². The number of rotatable bonds is 4. The number of amides is 3. The Hall–Kier alpha value is -2.11. The van der Waals surface area contributed by atoms with Crippen LogP contribution < -0.4 is 5.32 Å². The van der Waals surface area contributed by atoms with E-state index >= 15 is 0 Å². The quantitative estimate of drug-likeness (QED) is 0.624. The van der Waals surface area contributed by atoms with Crippen LogP contribution in [0.1, 0.15) is 30.3 Å². The molecule has 3 rings (SSSR count). The fourth-order valence-corrected chi connectivity index (χ4v) is 2.53. The molecule has 100 valence electrons. The molecular weight excluding hydrogens is 246 g/mol. The van der Waals surface area contributed by atoms with Crippen molar-refractivity contribution in [2.45, 2.75) is 25.3 Å². The third kappa shape index (κ3) is 1.83. The van der Waals surface area contributed by atoms with Crippen LogP contribution in [0.25, 0.3) is 0 Å². The molecule has 3 amide bonds. The van der Waals surface area contributed by atoms with Gasteiger partial charge < -0.3 is 10.3 Å². The number of carbonyl (C=O) groups excluding carboxylic acids is 3. The average molecular weight is 261 g/mol. The molecule has 2 N–H and O–H groups in total. The topological polar surface area (TPSA) is 82.3 Å². The monoisotopic (exact) mass is 261 g/mol. The van der Waals surface area contributed by atoms with E-state index in [-0.39, 0.29) is 24.2 Å². The number of hydrogen-bond acceptors (Lipinski definition) is 3. The highest BCUT2D eigenvalue weighted by Gasteiger charge is 2.56. The number of nitrogens with one attached hydrogen (secondary N) is 2. The maximum absolute atomic E-state index is 12.3. The Morgan fingerprint density at radius 3 is 2.79 bits per heavy atom. The van der Waals surface area contributed by atoms with Gasteiger partial charge in [0.15, 0.2) is 5.78 Å². The molecule has 1 aliphatic heterocycles. The number of hydrogen-bond donors (Lipinski definition) is 2. The van der Waals surface area contributed by atoms with Crippen molar-refractivity contribution < 1.29 is 14.4 Å². The van der Waals surface area contributed by atoms with E-state index in [0.717, 1.165) is 17.7 Å². The van der Waals surface area contributed by atoms with Crippen molar-refractivity contribution in [1.29, 1.82) is 0 Å². The number of ketones is 1. The number of carbonyl (C=O) groups is 3. The molecule has 2 heterocycles. The maximum Gasteiger partial charge on any atom is 0.325 e. The molecule has 1 aromatic heterocycles. The van der Waals surface area contributed by atoms with Crippen LogP contribution in [0.3, 0.4) is 0 Å².